The number of rotatable bonds is 6. The molecule has 0 bridgehead atoms. The van der Waals surface area contributed by atoms with Crippen molar-refractivity contribution in [1.82, 2.24) is 4.90 Å². The quantitative estimate of drug-likeness (QED) is 0.765. The molecule has 0 fully saturated rings. The Hall–Kier alpha value is -1.17. The lowest BCUT2D eigenvalue weighted by Crippen LogP contribution is -2.25. The molecule has 0 atom stereocenters. The van der Waals surface area contributed by atoms with E-state index in [-0.39, 0.29) is 5.75 Å². The predicted molar refractivity (Wildman–Crippen MR) is 93.7 cm³/mol. The van der Waals surface area contributed by atoms with Crippen LogP contribution in [0.3, 0.4) is 0 Å². The summed E-state index contributed by atoms with van der Waals surface area (Å²) in [6.07, 6.45) is 0. The lowest BCUT2D eigenvalue weighted by Gasteiger charge is -2.18. The smallest absolute Gasteiger partial charge is 0.179 e. The Morgan fingerprint density at radius 3 is 2.32 bits per heavy atom. The van der Waals surface area contributed by atoms with Crippen LogP contribution in [0, 0.1) is 6.92 Å². The normalized spacial score (nSPS) is 11.8. The van der Waals surface area contributed by atoms with Gasteiger partial charge in [0.25, 0.3) is 0 Å². The van der Waals surface area contributed by atoms with Gasteiger partial charge in [-0.3, -0.25) is 0 Å². The van der Waals surface area contributed by atoms with Crippen molar-refractivity contribution in [2.45, 2.75) is 18.4 Å². The van der Waals surface area contributed by atoms with E-state index in [1.807, 2.05) is 24.1 Å². The average molecular weight is 382 g/mol. The van der Waals surface area contributed by atoms with Gasteiger partial charge in [0.15, 0.2) is 9.84 Å². The summed E-state index contributed by atoms with van der Waals surface area (Å²) in [4.78, 5) is 2.42. The molecular formula is C17H20BrNO2S. The molecule has 0 unspecified atom stereocenters. The minimum absolute atomic E-state index is 0.122. The summed E-state index contributed by atoms with van der Waals surface area (Å²) < 4.78 is 25.5. The maximum atomic E-state index is 12.3. The van der Waals surface area contributed by atoms with Crippen molar-refractivity contribution < 1.29 is 8.42 Å². The second-order valence-corrected chi connectivity index (χ2v) is 8.46. The molecule has 0 amide bonds. The van der Waals surface area contributed by atoms with Gasteiger partial charge in [-0.2, -0.15) is 0 Å². The molecule has 2 rings (SSSR count). The summed E-state index contributed by atoms with van der Waals surface area (Å²) in [5.41, 5.74) is 2.45. The zero-order valence-electron chi connectivity index (χ0n) is 12.8. The molecule has 3 nitrogen and oxygen atoms in total. The number of aryl methyl sites for hydroxylation is 1. The number of hydrogen-bond acceptors (Lipinski definition) is 3. The maximum absolute atomic E-state index is 12.3. The minimum atomic E-state index is -3.24. The second kappa shape index (κ2) is 7.40. The first kappa shape index (κ1) is 17.2. The summed E-state index contributed by atoms with van der Waals surface area (Å²) in [5.74, 6) is 0.122. The standard InChI is InChI=1S/C17H20BrNO2S/c1-14-5-3-4-6-15(14)13-19(2)11-12-22(20,21)17-9-7-16(18)8-10-17/h3-10H,11-13H2,1-2H3. The van der Waals surface area contributed by atoms with Crippen LogP contribution in [0.2, 0.25) is 0 Å². The third-order valence-corrected chi connectivity index (χ3v) is 5.86. The molecule has 0 aliphatic heterocycles. The fraction of sp³-hybridized carbons (Fsp3) is 0.294. The van der Waals surface area contributed by atoms with Crippen molar-refractivity contribution in [3.63, 3.8) is 0 Å². The fourth-order valence-electron chi connectivity index (χ4n) is 2.19. The molecule has 0 aromatic heterocycles. The molecule has 0 spiro atoms. The van der Waals surface area contributed by atoms with Gasteiger partial charge in [-0.15, -0.1) is 0 Å². The Balaban J connectivity index is 1.97. The third kappa shape index (κ3) is 4.66. The van der Waals surface area contributed by atoms with E-state index < -0.39 is 9.84 Å². The van der Waals surface area contributed by atoms with Crippen LogP contribution in [0.1, 0.15) is 11.1 Å². The van der Waals surface area contributed by atoms with Gasteiger partial charge in [0.05, 0.1) is 10.6 Å². The highest BCUT2D eigenvalue weighted by Crippen LogP contribution is 2.16. The minimum Gasteiger partial charge on any atom is -0.301 e. The Labute approximate surface area is 141 Å². The topological polar surface area (TPSA) is 37.4 Å². The molecule has 118 valence electrons. The molecule has 0 saturated heterocycles. The highest BCUT2D eigenvalue weighted by atomic mass is 79.9. The van der Waals surface area contributed by atoms with Crippen LogP contribution >= 0.6 is 15.9 Å². The SMILES string of the molecule is Cc1ccccc1CN(C)CCS(=O)(=O)c1ccc(Br)cc1. The van der Waals surface area contributed by atoms with Crippen molar-refractivity contribution in [3.8, 4) is 0 Å². The van der Waals surface area contributed by atoms with Gasteiger partial charge in [-0.1, -0.05) is 40.2 Å². The Morgan fingerprint density at radius 1 is 1.05 bits per heavy atom. The molecule has 0 N–H and O–H groups in total. The van der Waals surface area contributed by atoms with Crippen molar-refractivity contribution in [1.29, 1.82) is 0 Å². The van der Waals surface area contributed by atoms with E-state index in [1.54, 1.807) is 24.3 Å². The number of nitrogens with zero attached hydrogens (tertiary/aromatic N) is 1. The van der Waals surface area contributed by atoms with Crippen molar-refractivity contribution >= 4 is 25.8 Å². The zero-order chi connectivity index (χ0) is 16.2. The van der Waals surface area contributed by atoms with Crippen LogP contribution in [0.5, 0.6) is 0 Å². The molecule has 2 aromatic rings. The van der Waals surface area contributed by atoms with Crippen LogP contribution in [-0.4, -0.2) is 32.7 Å². The fourth-order valence-corrected chi connectivity index (χ4v) is 3.80. The maximum Gasteiger partial charge on any atom is 0.179 e. The van der Waals surface area contributed by atoms with Crippen LogP contribution in [0.15, 0.2) is 57.9 Å². The van der Waals surface area contributed by atoms with Gasteiger partial charge in [-0.25, -0.2) is 8.42 Å². The van der Waals surface area contributed by atoms with Crippen molar-refractivity contribution in [2.75, 3.05) is 19.3 Å². The van der Waals surface area contributed by atoms with Gasteiger partial charge in [0.2, 0.25) is 0 Å². The first-order valence-corrected chi connectivity index (χ1v) is 9.54. The average Bonchev–Trinajstić information content (AvgIpc) is 2.48. The molecule has 0 aliphatic carbocycles. The summed E-state index contributed by atoms with van der Waals surface area (Å²) in [5, 5.41) is 0. The third-order valence-electron chi connectivity index (χ3n) is 3.62. The molecule has 2 aromatic carbocycles. The van der Waals surface area contributed by atoms with E-state index in [2.05, 4.69) is 35.0 Å². The number of halogens is 1. The molecule has 0 heterocycles. The van der Waals surface area contributed by atoms with Crippen LogP contribution in [0.25, 0.3) is 0 Å². The van der Waals surface area contributed by atoms with Gasteiger partial charge >= 0.3 is 0 Å². The van der Waals surface area contributed by atoms with E-state index >= 15 is 0 Å². The Morgan fingerprint density at radius 2 is 1.68 bits per heavy atom. The monoisotopic (exact) mass is 381 g/mol. The summed E-state index contributed by atoms with van der Waals surface area (Å²) in [6, 6.07) is 15.0. The molecular weight excluding hydrogens is 362 g/mol. The molecule has 22 heavy (non-hydrogen) atoms. The van der Waals surface area contributed by atoms with Crippen LogP contribution < -0.4 is 0 Å². The lowest BCUT2D eigenvalue weighted by atomic mass is 10.1. The largest absolute Gasteiger partial charge is 0.301 e. The molecule has 0 saturated carbocycles. The summed E-state index contributed by atoms with van der Waals surface area (Å²) in [7, 11) is -1.29. The molecule has 0 radical (unpaired) electrons. The van der Waals surface area contributed by atoms with Gasteiger partial charge < -0.3 is 4.90 Å². The zero-order valence-corrected chi connectivity index (χ0v) is 15.2. The van der Waals surface area contributed by atoms with E-state index in [0.29, 0.717) is 11.4 Å². The van der Waals surface area contributed by atoms with Gasteiger partial charge in [0, 0.05) is 17.6 Å². The van der Waals surface area contributed by atoms with E-state index in [0.717, 1.165) is 11.0 Å². The van der Waals surface area contributed by atoms with Crippen molar-refractivity contribution in [2.24, 2.45) is 0 Å². The highest BCUT2D eigenvalue weighted by Gasteiger charge is 2.15. The van der Waals surface area contributed by atoms with Crippen LogP contribution in [0.4, 0.5) is 0 Å². The summed E-state index contributed by atoms with van der Waals surface area (Å²) in [6.45, 7) is 3.33. The number of hydrogen-bond donors (Lipinski definition) is 0. The Bertz CT molecular complexity index is 727. The predicted octanol–water partition coefficient (Wildman–Crippen LogP) is 3.66. The number of benzene rings is 2. The van der Waals surface area contributed by atoms with Crippen molar-refractivity contribution in [3.05, 3.63) is 64.1 Å². The first-order valence-electron chi connectivity index (χ1n) is 7.10. The van der Waals surface area contributed by atoms with E-state index in [4.69, 9.17) is 0 Å². The summed E-state index contributed by atoms with van der Waals surface area (Å²) >= 11 is 3.32. The number of sulfone groups is 1. The molecule has 5 heteroatoms. The van der Waals surface area contributed by atoms with E-state index in [1.165, 1.54) is 11.1 Å². The van der Waals surface area contributed by atoms with Crippen LogP contribution in [-0.2, 0) is 16.4 Å². The second-order valence-electron chi connectivity index (χ2n) is 5.44. The van der Waals surface area contributed by atoms with Gasteiger partial charge in [0.1, 0.15) is 0 Å². The molecule has 0 aliphatic rings. The van der Waals surface area contributed by atoms with Gasteiger partial charge in [-0.05, 0) is 49.4 Å². The highest BCUT2D eigenvalue weighted by molar-refractivity contribution is 9.10. The van der Waals surface area contributed by atoms with E-state index in [9.17, 15) is 8.42 Å². The first-order chi connectivity index (χ1) is 10.4. The lowest BCUT2D eigenvalue weighted by molar-refractivity contribution is 0.345. The Kier molecular flexibility index (Phi) is 5.78.